The Labute approximate surface area is 133 Å². The fraction of sp³-hybridized carbons (Fsp3) is 0.647. The maximum absolute atomic E-state index is 9.03. The van der Waals surface area contributed by atoms with Crippen LogP contribution in [0, 0.1) is 0 Å². The summed E-state index contributed by atoms with van der Waals surface area (Å²) in [7, 11) is 0. The van der Waals surface area contributed by atoms with E-state index < -0.39 is 0 Å². The highest BCUT2D eigenvalue weighted by Gasteiger charge is 2.24. The lowest BCUT2D eigenvalue weighted by Crippen LogP contribution is -2.29. The summed E-state index contributed by atoms with van der Waals surface area (Å²) >= 11 is 6.48. The van der Waals surface area contributed by atoms with Crippen molar-refractivity contribution in [1.82, 2.24) is 5.32 Å². The zero-order chi connectivity index (χ0) is 15.2. The second-order valence-corrected chi connectivity index (χ2v) is 6.25. The number of halogens is 1. The van der Waals surface area contributed by atoms with Crippen LogP contribution in [0.25, 0.3) is 0 Å². The molecular weight excluding hydrogens is 284 g/mol. The highest BCUT2D eigenvalue weighted by molar-refractivity contribution is 6.31. The van der Waals surface area contributed by atoms with E-state index in [1.807, 2.05) is 0 Å². The van der Waals surface area contributed by atoms with Crippen molar-refractivity contribution in [2.75, 3.05) is 24.6 Å². The third kappa shape index (κ3) is 4.12. The predicted octanol–water partition coefficient (Wildman–Crippen LogP) is 3.75. The number of rotatable bonds is 7. The van der Waals surface area contributed by atoms with E-state index in [1.54, 1.807) is 0 Å². The molecule has 0 bridgehead atoms. The molecule has 0 amide bonds. The summed E-state index contributed by atoms with van der Waals surface area (Å²) in [5, 5.41) is 13.3. The summed E-state index contributed by atoms with van der Waals surface area (Å²) in [6.45, 7) is 6.56. The van der Waals surface area contributed by atoms with Crippen LogP contribution in [0.5, 0.6) is 0 Å². The van der Waals surface area contributed by atoms with Gasteiger partial charge in [-0.3, -0.25) is 0 Å². The SMILES string of the molecule is CCNC(C)c1ccc(N2CCCC2CCCO)cc1Cl. The van der Waals surface area contributed by atoms with Crippen LogP contribution in [0.2, 0.25) is 5.02 Å². The standard InChI is InChI=1S/C17H27ClN2O/c1-3-19-13(2)16-9-8-15(12-17(16)18)20-10-4-6-14(20)7-5-11-21/h8-9,12-14,19,21H,3-7,10-11H2,1-2H3. The van der Waals surface area contributed by atoms with Gasteiger partial charge in [-0.2, -0.15) is 0 Å². The Hall–Kier alpha value is -0.770. The van der Waals surface area contributed by atoms with Gasteiger partial charge in [-0.1, -0.05) is 24.6 Å². The number of nitrogens with one attached hydrogen (secondary N) is 1. The fourth-order valence-electron chi connectivity index (χ4n) is 3.26. The monoisotopic (exact) mass is 310 g/mol. The van der Waals surface area contributed by atoms with Gasteiger partial charge in [-0.15, -0.1) is 0 Å². The summed E-state index contributed by atoms with van der Waals surface area (Å²) in [6.07, 6.45) is 4.38. The van der Waals surface area contributed by atoms with E-state index in [2.05, 4.69) is 42.3 Å². The molecule has 1 aliphatic heterocycles. The van der Waals surface area contributed by atoms with Crippen LogP contribution in [0.1, 0.15) is 51.1 Å². The predicted molar refractivity (Wildman–Crippen MR) is 90.2 cm³/mol. The Kier molecular flexibility index (Phi) is 6.34. The van der Waals surface area contributed by atoms with Crippen molar-refractivity contribution in [3.8, 4) is 0 Å². The van der Waals surface area contributed by atoms with Crippen molar-refractivity contribution in [2.24, 2.45) is 0 Å². The molecule has 0 spiro atoms. The lowest BCUT2D eigenvalue weighted by atomic mass is 10.1. The average Bonchev–Trinajstić information content (AvgIpc) is 2.93. The molecule has 3 nitrogen and oxygen atoms in total. The number of anilines is 1. The molecule has 2 rings (SSSR count). The molecule has 0 aliphatic carbocycles. The highest BCUT2D eigenvalue weighted by Crippen LogP contribution is 2.32. The second kappa shape index (κ2) is 8.02. The summed E-state index contributed by atoms with van der Waals surface area (Å²) in [4.78, 5) is 2.45. The average molecular weight is 311 g/mol. The summed E-state index contributed by atoms with van der Waals surface area (Å²) in [6, 6.07) is 7.26. The lowest BCUT2D eigenvalue weighted by Gasteiger charge is -2.27. The van der Waals surface area contributed by atoms with Crippen LogP contribution in [0.15, 0.2) is 18.2 Å². The van der Waals surface area contributed by atoms with Gasteiger partial charge in [0.1, 0.15) is 0 Å². The number of hydrogen-bond acceptors (Lipinski definition) is 3. The maximum Gasteiger partial charge on any atom is 0.0474 e. The first-order chi connectivity index (χ1) is 10.2. The molecular formula is C17H27ClN2O. The van der Waals surface area contributed by atoms with Crippen LogP contribution in [-0.4, -0.2) is 30.8 Å². The topological polar surface area (TPSA) is 35.5 Å². The second-order valence-electron chi connectivity index (χ2n) is 5.84. The van der Waals surface area contributed by atoms with Gasteiger partial charge >= 0.3 is 0 Å². The van der Waals surface area contributed by atoms with Gasteiger partial charge in [-0.25, -0.2) is 0 Å². The largest absolute Gasteiger partial charge is 0.396 e. The highest BCUT2D eigenvalue weighted by atomic mass is 35.5. The molecule has 118 valence electrons. The number of nitrogens with zero attached hydrogens (tertiary/aromatic N) is 1. The first-order valence-electron chi connectivity index (χ1n) is 8.07. The van der Waals surface area contributed by atoms with Gasteiger partial charge in [0.05, 0.1) is 0 Å². The van der Waals surface area contributed by atoms with E-state index in [4.69, 9.17) is 16.7 Å². The molecule has 1 aromatic rings. The molecule has 1 aromatic carbocycles. The molecule has 2 atom stereocenters. The van der Waals surface area contributed by atoms with Gasteiger partial charge < -0.3 is 15.3 Å². The van der Waals surface area contributed by atoms with Gasteiger partial charge in [0.15, 0.2) is 0 Å². The normalized spacial score (nSPS) is 20.0. The molecule has 1 aliphatic rings. The number of hydrogen-bond donors (Lipinski definition) is 2. The van der Waals surface area contributed by atoms with Gasteiger partial charge in [0.2, 0.25) is 0 Å². The fourth-order valence-corrected chi connectivity index (χ4v) is 3.60. The zero-order valence-electron chi connectivity index (χ0n) is 13.1. The molecule has 4 heteroatoms. The Bertz CT molecular complexity index is 452. The molecule has 1 fully saturated rings. The van der Waals surface area contributed by atoms with Crippen molar-refractivity contribution < 1.29 is 5.11 Å². The van der Waals surface area contributed by atoms with E-state index >= 15 is 0 Å². The minimum Gasteiger partial charge on any atom is -0.396 e. The van der Waals surface area contributed by atoms with Crippen LogP contribution < -0.4 is 10.2 Å². The Morgan fingerprint density at radius 3 is 2.95 bits per heavy atom. The maximum atomic E-state index is 9.03. The molecule has 2 N–H and O–H groups in total. The molecule has 1 saturated heterocycles. The van der Waals surface area contributed by atoms with E-state index in [0.29, 0.717) is 6.04 Å². The van der Waals surface area contributed by atoms with Crippen molar-refractivity contribution in [3.05, 3.63) is 28.8 Å². The molecule has 21 heavy (non-hydrogen) atoms. The van der Waals surface area contributed by atoms with Crippen molar-refractivity contribution in [2.45, 2.75) is 51.6 Å². The van der Waals surface area contributed by atoms with Crippen LogP contribution in [-0.2, 0) is 0 Å². The lowest BCUT2D eigenvalue weighted by molar-refractivity contribution is 0.279. The summed E-state index contributed by atoms with van der Waals surface area (Å²) in [5.41, 5.74) is 2.38. The van der Waals surface area contributed by atoms with Crippen LogP contribution >= 0.6 is 11.6 Å². The third-order valence-electron chi connectivity index (χ3n) is 4.37. The van der Waals surface area contributed by atoms with Crippen molar-refractivity contribution in [3.63, 3.8) is 0 Å². The number of aliphatic hydroxyl groups is 1. The molecule has 0 radical (unpaired) electrons. The van der Waals surface area contributed by atoms with E-state index in [9.17, 15) is 0 Å². The number of aliphatic hydroxyl groups excluding tert-OH is 1. The quantitative estimate of drug-likeness (QED) is 0.805. The third-order valence-corrected chi connectivity index (χ3v) is 4.69. The Balaban J connectivity index is 2.11. The zero-order valence-corrected chi connectivity index (χ0v) is 13.9. The van der Waals surface area contributed by atoms with E-state index in [0.717, 1.165) is 36.5 Å². The summed E-state index contributed by atoms with van der Waals surface area (Å²) in [5.74, 6) is 0. The van der Waals surface area contributed by atoms with Crippen molar-refractivity contribution in [1.29, 1.82) is 0 Å². The Morgan fingerprint density at radius 2 is 2.29 bits per heavy atom. The summed E-state index contributed by atoms with van der Waals surface area (Å²) < 4.78 is 0. The van der Waals surface area contributed by atoms with Gasteiger partial charge in [-0.05, 0) is 56.8 Å². The molecule has 0 aromatic heterocycles. The molecule has 2 unspecified atom stereocenters. The first kappa shape index (κ1) is 16.6. The smallest absolute Gasteiger partial charge is 0.0474 e. The number of benzene rings is 1. The minimum absolute atomic E-state index is 0.278. The van der Waals surface area contributed by atoms with Crippen molar-refractivity contribution >= 4 is 17.3 Å². The van der Waals surface area contributed by atoms with Gasteiger partial charge in [0.25, 0.3) is 0 Å². The van der Waals surface area contributed by atoms with Crippen LogP contribution in [0.3, 0.4) is 0 Å². The Morgan fingerprint density at radius 1 is 1.48 bits per heavy atom. The molecule has 1 heterocycles. The molecule has 0 saturated carbocycles. The van der Waals surface area contributed by atoms with E-state index in [-0.39, 0.29) is 12.6 Å². The first-order valence-corrected chi connectivity index (χ1v) is 8.45. The van der Waals surface area contributed by atoms with Gasteiger partial charge in [0, 0.05) is 35.9 Å². The van der Waals surface area contributed by atoms with Crippen LogP contribution in [0.4, 0.5) is 5.69 Å². The minimum atomic E-state index is 0.278. The van der Waals surface area contributed by atoms with E-state index in [1.165, 1.54) is 18.5 Å².